The Hall–Kier alpha value is -3.41. The molecule has 0 aliphatic rings. The SMILES string of the molecule is O=C(NCCNC(=O)c1cccnc1)NCc1ccc2ccccc2c1. The Labute approximate surface area is 151 Å². The summed E-state index contributed by atoms with van der Waals surface area (Å²) < 4.78 is 0. The molecule has 26 heavy (non-hydrogen) atoms. The summed E-state index contributed by atoms with van der Waals surface area (Å²) in [6.07, 6.45) is 3.11. The number of urea groups is 1. The molecule has 0 saturated heterocycles. The number of hydrogen-bond acceptors (Lipinski definition) is 3. The Morgan fingerprint density at radius 1 is 0.846 bits per heavy atom. The third-order valence-corrected chi connectivity index (χ3v) is 3.89. The highest BCUT2D eigenvalue weighted by Crippen LogP contribution is 2.15. The van der Waals surface area contributed by atoms with E-state index in [1.807, 2.05) is 30.3 Å². The number of nitrogens with one attached hydrogen (secondary N) is 3. The first-order valence-corrected chi connectivity index (χ1v) is 8.40. The van der Waals surface area contributed by atoms with Gasteiger partial charge in [-0.2, -0.15) is 0 Å². The number of amides is 3. The molecule has 0 unspecified atom stereocenters. The molecule has 0 radical (unpaired) electrons. The van der Waals surface area contributed by atoms with Gasteiger partial charge in [0.2, 0.25) is 0 Å². The first kappa shape index (κ1) is 17.4. The van der Waals surface area contributed by atoms with E-state index in [1.165, 1.54) is 11.6 Å². The average molecular weight is 348 g/mol. The predicted octanol–water partition coefficient (Wildman–Crippen LogP) is 2.46. The third kappa shape index (κ3) is 4.80. The summed E-state index contributed by atoms with van der Waals surface area (Å²) in [7, 11) is 0. The second-order valence-electron chi connectivity index (χ2n) is 5.79. The van der Waals surface area contributed by atoms with E-state index in [-0.39, 0.29) is 11.9 Å². The Kier molecular flexibility index (Phi) is 5.77. The fourth-order valence-electron chi connectivity index (χ4n) is 2.54. The predicted molar refractivity (Wildman–Crippen MR) is 101 cm³/mol. The molecule has 0 bridgehead atoms. The molecule has 0 spiro atoms. The Balaban J connectivity index is 1.38. The molecule has 6 heteroatoms. The molecule has 0 aliphatic heterocycles. The summed E-state index contributed by atoms with van der Waals surface area (Å²) in [6.45, 7) is 1.13. The van der Waals surface area contributed by atoms with E-state index in [0.717, 1.165) is 10.9 Å². The van der Waals surface area contributed by atoms with Crippen LogP contribution in [-0.4, -0.2) is 30.0 Å². The van der Waals surface area contributed by atoms with Gasteiger partial charge in [0, 0.05) is 32.0 Å². The first-order chi connectivity index (χ1) is 12.7. The highest BCUT2D eigenvalue weighted by atomic mass is 16.2. The molecule has 6 nitrogen and oxygen atoms in total. The molecule has 3 N–H and O–H groups in total. The van der Waals surface area contributed by atoms with Crippen LogP contribution in [0, 0.1) is 0 Å². The lowest BCUT2D eigenvalue weighted by atomic mass is 10.1. The number of fused-ring (bicyclic) bond motifs is 1. The second-order valence-corrected chi connectivity index (χ2v) is 5.79. The lowest BCUT2D eigenvalue weighted by molar-refractivity contribution is 0.0953. The topological polar surface area (TPSA) is 83.1 Å². The Bertz CT molecular complexity index is 896. The van der Waals surface area contributed by atoms with Gasteiger partial charge in [-0.1, -0.05) is 36.4 Å². The lowest BCUT2D eigenvalue weighted by Gasteiger charge is -2.09. The van der Waals surface area contributed by atoms with Gasteiger partial charge in [0.05, 0.1) is 5.56 Å². The van der Waals surface area contributed by atoms with Crippen LogP contribution in [0.4, 0.5) is 4.79 Å². The molecule has 3 amide bonds. The van der Waals surface area contributed by atoms with Gasteiger partial charge in [-0.05, 0) is 34.5 Å². The molecule has 2 aromatic carbocycles. The molecular weight excluding hydrogens is 328 g/mol. The maximum absolute atomic E-state index is 11.8. The van der Waals surface area contributed by atoms with Crippen LogP contribution in [0.1, 0.15) is 15.9 Å². The van der Waals surface area contributed by atoms with E-state index < -0.39 is 0 Å². The van der Waals surface area contributed by atoms with E-state index in [1.54, 1.807) is 18.3 Å². The third-order valence-electron chi connectivity index (χ3n) is 3.89. The van der Waals surface area contributed by atoms with Gasteiger partial charge in [0.15, 0.2) is 0 Å². The van der Waals surface area contributed by atoms with E-state index in [0.29, 0.717) is 25.2 Å². The minimum absolute atomic E-state index is 0.212. The zero-order valence-corrected chi connectivity index (χ0v) is 14.2. The number of benzene rings is 2. The summed E-state index contributed by atoms with van der Waals surface area (Å²) in [6, 6.07) is 17.3. The normalized spacial score (nSPS) is 10.3. The molecule has 1 heterocycles. The molecule has 3 aromatic rings. The lowest BCUT2D eigenvalue weighted by Crippen LogP contribution is -2.40. The summed E-state index contributed by atoms with van der Waals surface area (Å²) in [4.78, 5) is 27.6. The number of carbonyl (C=O) groups excluding carboxylic acids is 2. The largest absolute Gasteiger partial charge is 0.350 e. The van der Waals surface area contributed by atoms with Gasteiger partial charge in [-0.3, -0.25) is 9.78 Å². The number of rotatable bonds is 6. The maximum atomic E-state index is 11.8. The number of pyridine rings is 1. The van der Waals surface area contributed by atoms with Crippen LogP contribution in [0.2, 0.25) is 0 Å². The highest BCUT2D eigenvalue weighted by molar-refractivity contribution is 5.93. The van der Waals surface area contributed by atoms with E-state index >= 15 is 0 Å². The Morgan fingerprint density at radius 3 is 2.46 bits per heavy atom. The minimum Gasteiger partial charge on any atom is -0.350 e. The quantitative estimate of drug-likeness (QED) is 0.599. The molecule has 0 aliphatic carbocycles. The van der Waals surface area contributed by atoms with Crippen molar-refractivity contribution in [2.45, 2.75) is 6.54 Å². The smallest absolute Gasteiger partial charge is 0.315 e. The minimum atomic E-state index is -0.270. The zero-order valence-electron chi connectivity index (χ0n) is 14.2. The standard InChI is InChI=1S/C20H20N4O2/c25-19(18-6-3-9-21-14-18)22-10-11-23-20(26)24-13-15-7-8-16-4-1-2-5-17(16)12-15/h1-9,12,14H,10-11,13H2,(H,22,25)(H2,23,24,26). The van der Waals surface area contributed by atoms with Crippen molar-refractivity contribution in [3.8, 4) is 0 Å². The molecule has 132 valence electrons. The van der Waals surface area contributed by atoms with Crippen molar-refractivity contribution in [1.82, 2.24) is 20.9 Å². The number of hydrogen-bond donors (Lipinski definition) is 3. The Morgan fingerprint density at radius 2 is 1.65 bits per heavy atom. The van der Waals surface area contributed by atoms with Gasteiger partial charge in [-0.25, -0.2) is 4.79 Å². The summed E-state index contributed by atoms with van der Waals surface area (Å²) >= 11 is 0. The summed E-state index contributed by atoms with van der Waals surface area (Å²) in [5.41, 5.74) is 1.52. The van der Waals surface area contributed by atoms with Crippen LogP contribution in [0.25, 0.3) is 10.8 Å². The molecule has 0 fully saturated rings. The van der Waals surface area contributed by atoms with Crippen LogP contribution in [0.5, 0.6) is 0 Å². The van der Waals surface area contributed by atoms with E-state index in [2.05, 4.69) is 33.1 Å². The van der Waals surface area contributed by atoms with Crippen molar-refractivity contribution < 1.29 is 9.59 Å². The molecule has 0 saturated carbocycles. The fraction of sp³-hybridized carbons (Fsp3) is 0.150. The molecule has 1 aromatic heterocycles. The van der Waals surface area contributed by atoms with Crippen LogP contribution >= 0.6 is 0 Å². The maximum Gasteiger partial charge on any atom is 0.315 e. The highest BCUT2D eigenvalue weighted by Gasteiger charge is 2.05. The monoisotopic (exact) mass is 348 g/mol. The van der Waals surface area contributed by atoms with Crippen molar-refractivity contribution in [2.24, 2.45) is 0 Å². The van der Waals surface area contributed by atoms with Crippen LogP contribution in [-0.2, 0) is 6.54 Å². The average Bonchev–Trinajstić information content (AvgIpc) is 2.70. The molecular formula is C20H20N4O2. The second kappa shape index (κ2) is 8.62. The van der Waals surface area contributed by atoms with Gasteiger partial charge in [0.25, 0.3) is 5.91 Å². The summed E-state index contributed by atoms with van der Waals surface area (Å²) in [5, 5.41) is 10.6. The fourth-order valence-corrected chi connectivity index (χ4v) is 2.54. The molecule has 3 rings (SSSR count). The van der Waals surface area contributed by atoms with Crippen LogP contribution in [0.3, 0.4) is 0 Å². The van der Waals surface area contributed by atoms with Gasteiger partial charge >= 0.3 is 6.03 Å². The van der Waals surface area contributed by atoms with Gasteiger partial charge in [-0.15, -0.1) is 0 Å². The van der Waals surface area contributed by atoms with Crippen molar-refractivity contribution in [3.63, 3.8) is 0 Å². The van der Waals surface area contributed by atoms with Crippen molar-refractivity contribution in [3.05, 3.63) is 78.1 Å². The van der Waals surface area contributed by atoms with E-state index in [4.69, 9.17) is 0 Å². The van der Waals surface area contributed by atoms with Gasteiger partial charge in [0.1, 0.15) is 0 Å². The van der Waals surface area contributed by atoms with Gasteiger partial charge < -0.3 is 16.0 Å². The molecule has 0 atom stereocenters. The number of carbonyl (C=O) groups is 2. The van der Waals surface area contributed by atoms with Crippen molar-refractivity contribution >= 4 is 22.7 Å². The van der Waals surface area contributed by atoms with Crippen molar-refractivity contribution in [2.75, 3.05) is 13.1 Å². The number of nitrogens with zero attached hydrogens (tertiary/aromatic N) is 1. The number of aromatic nitrogens is 1. The van der Waals surface area contributed by atoms with Crippen molar-refractivity contribution in [1.29, 1.82) is 0 Å². The van der Waals surface area contributed by atoms with Crippen LogP contribution < -0.4 is 16.0 Å². The zero-order chi connectivity index (χ0) is 18.2. The summed E-state index contributed by atoms with van der Waals surface area (Å²) in [5.74, 6) is -0.212. The first-order valence-electron chi connectivity index (χ1n) is 8.40. The van der Waals surface area contributed by atoms with E-state index in [9.17, 15) is 9.59 Å². The van der Waals surface area contributed by atoms with Crippen LogP contribution in [0.15, 0.2) is 67.0 Å².